The zero-order chi connectivity index (χ0) is 19.6. The number of carbonyl (C=O) groups excluding carboxylic acids is 1. The lowest BCUT2D eigenvalue weighted by Crippen LogP contribution is -2.37. The van der Waals surface area contributed by atoms with Gasteiger partial charge in [-0.3, -0.25) is 9.59 Å². The number of carboxylic acids is 1. The van der Waals surface area contributed by atoms with Crippen LogP contribution in [0.1, 0.15) is 37.8 Å². The number of nitrogens with one attached hydrogen (secondary N) is 1. The van der Waals surface area contributed by atoms with Crippen molar-refractivity contribution in [1.29, 1.82) is 0 Å². The van der Waals surface area contributed by atoms with Gasteiger partial charge in [-0.2, -0.15) is 0 Å². The maximum Gasteiger partial charge on any atom is 0.303 e. The minimum absolute atomic E-state index is 0.0233. The smallest absolute Gasteiger partial charge is 0.303 e. The molecule has 0 aliphatic rings. The van der Waals surface area contributed by atoms with Gasteiger partial charge in [0.1, 0.15) is 5.75 Å². The molecule has 0 bridgehead atoms. The van der Waals surface area contributed by atoms with Crippen LogP contribution in [0.3, 0.4) is 0 Å². The highest BCUT2D eigenvalue weighted by Gasteiger charge is 2.15. The Labute approximate surface area is 160 Å². The summed E-state index contributed by atoms with van der Waals surface area (Å²) >= 11 is 0. The molecule has 0 radical (unpaired) electrons. The summed E-state index contributed by atoms with van der Waals surface area (Å²) in [5.74, 6) is -0.245. The first-order valence-electron chi connectivity index (χ1n) is 9.23. The monoisotopic (exact) mass is 369 g/mol. The summed E-state index contributed by atoms with van der Waals surface area (Å²) in [6, 6.07) is 17.0. The van der Waals surface area contributed by atoms with E-state index in [0.717, 1.165) is 16.9 Å². The molecule has 0 saturated heterocycles. The zero-order valence-corrected chi connectivity index (χ0v) is 15.9. The lowest BCUT2D eigenvalue weighted by molar-refractivity contribution is -0.137. The lowest BCUT2D eigenvalue weighted by atomic mass is 10.0. The van der Waals surface area contributed by atoms with E-state index < -0.39 is 5.97 Å². The molecule has 1 amide bonds. The van der Waals surface area contributed by atoms with Crippen LogP contribution in [0.25, 0.3) is 0 Å². The Morgan fingerprint density at radius 2 is 1.74 bits per heavy atom. The van der Waals surface area contributed by atoms with Crippen molar-refractivity contribution < 1.29 is 19.4 Å². The maximum absolute atomic E-state index is 12.5. The highest BCUT2D eigenvalue weighted by molar-refractivity contribution is 5.79. The number of amides is 1. The van der Waals surface area contributed by atoms with Crippen molar-refractivity contribution in [3.8, 4) is 5.75 Å². The second-order valence-corrected chi connectivity index (χ2v) is 6.88. The van der Waals surface area contributed by atoms with Gasteiger partial charge in [-0.25, -0.2) is 0 Å². The molecular weight excluding hydrogens is 342 g/mol. The summed E-state index contributed by atoms with van der Waals surface area (Å²) in [5.41, 5.74) is 1.93. The Morgan fingerprint density at radius 3 is 2.41 bits per heavy atom. The van der Waals surface area contributed by atoms with E-state index in [-0.39, 0.29) is 30.9 Å². The van der Waals surface area contributed by atoms with Crippen LogP contribution in [0, 0.1) is 0 Å². The third-order valence-electron chi connectivity index (χ3n) is 4.03. The van der Waals surface area contributed by atoms with E-state index in [2.05, 4.69) is 5.32 Å². The highest BCUT2D eigenvalue weighted by atomic mass is 16.5. The average molecular weight is 369 g/mol. The largest absolute Gasteiger partial charge is 0.491 e. The van der Waals surface area contributed by atoms with Crippen molar-refractivity contribution in [3.05, 3.63) is 65.7 Å². The first-order valence-corrected chi connectivity index (χ1v) is 9.23. The number of ether oxygens (including phenoxy) is 1. The van der Waals surface area contributed by atoms with Gasteiger partial charge in [0, 0.05) is 12.5 Å². The van der Waals surface area contributed by atoms with Crippen molar-refractivity contribution in [2.45, 2.75) is 51.7 Å². The van der Waals surface area contributed by atoms with Gasteiger partial charge < -0.3 is 15.2 Å². The first-order chi connectivity index (χ1) is 12.9. The van der Waals surface area contributed by atoms with E-state index in [4.69, 9.17) is 9.84 Å². The summed E-state index contributed by atoms with van der Waals surface area (Å²) in [6.07, 6.45) is 1.33. The molecule has 2 N–H and O–H groups in total. The van der Waals surface area contributed by atoms with Crippen LogP contribution < -0.4 is 10.1 Å². The van der Waals surface area contributed by atoms with Crippen LogP contribution in [0.4, 0.5) is 0 Å². The quantitative estimate of drug-likeness (QED) is 0.671. The van der Waals surface area contributed by atoms with Crippen LogP contribution in [0.5, 0.6) is 5.75 Å². The van der Waals surface area contributed by atoms with Gasteiger partial charge in [0.25, 0.3) is 0 Å². The molecule has 5 heteroatoms. The molecule has 1 unspecified atom stereocenters. The van der Waals surface area contributed by atoms with E-state index in [1.165, 1.54) is 0 Å². The van der Waals surface area contributed by atoms with Gasteiger partial charge in [0.15, 0.2) is 0 Å². The number of benzene rings is 2. The molecule has 0 spiro atoms. The molecule has 0 heterocycles. The number of hydrogen-bond donors (Lipinski definition) is 2. The molecule has 1 atom stereocenters. The van der Waals surface area contributed by atoms with Crippen LogP contribution >= 0.6 is 0 Å². The molecule has 0 aliphatic carbocycles. The van der Waals surface area contributed by atoms with Crippen molar-refractivity contribution in [1.82, 2.24) is 5.32 Å². The third kappa shape index (κ3) is 7.94. The van der Waals surface area contributed by atoms with Gasteiger partial charge in [-0.1, -0.05) is 42.5 Å². The number of rotatable bonds is 10. The summed E-state index contributed by atoms with van der Waals surface area (Å²) in [6.45, 7) is 3.91. The SMILES string of the molecule is CC(C)Oc1cccc(CC(=O)NC(CCC(=O)O)Cc2ccccc2)c1. The van der Waals surface area contributed by atoms with E-state index >= 15 is 0 Å². The molecule has 144 valence electrons. The molecule has 2 aromatic carbocycles. The minimum atomic E-state index is -0.860. The Kier molecular flexibility index (Phi) is 7.86. The molecule has 0 aromatic heterocycles. The second kappa shape index (κ2) is 10.4. The fraction of sp³-hybridized carbons (Fsp3) is 0.364. The van der Waals surface area contributed by atoms with Gasteiger partial charge in [0.2, 0.25) is 5.91 Å². The normalized spacial score (nSPS) is 11.8. The topological polar surface area (TPSA) is 75.6 Å². The average Bonchev–Trinajstić information content (AvgIpc) is 2.60. The molecule has 0 aliphatic heterocycles. The lowest BCUT2D eigenvalue weighted by Gasteiger charge is -2.18. The molecule has 2 rings (SSSR count). The van der Waals surface area contributed by atoms with E-state index in [1.54, 1.807) is 0 Å². The van der Waals surface area contributed by atoms with Crippen molar-refractivity contribution in [2.24, 2.45) is 0 Å². The van der Waals surface area contributed by atoms with Gasteiger partial charge in [-0.05, 0) is 49.9 Å². The predicted molar refractivity (Wildman–Crippen MR) is 105 cm³/mol. The highest BCUT2D eigenvalue weighted by Crippen LogP contribution is 2.16. The molecule has 5 nitrogen and oxygen atoms in total. The number of carboxylic acid groups (broad SMARTS) is 1. The van der Waals surface area contributed by atoms with Crippen molar-refractivity contribution in [3.63, 3.8) is 0 Å². The van der Waals surface area contributed by atoms with Crippen molar-refractivity contribution >= 4 is 11.9 Å². The Balaban J connectivity index is 1.98. The first kappa shape index (κ1) is 20.5. The molecular formula is C22H27NO4. The third-order valence-corrected chi connectivity index (χ3v) is 4.03. The van der Waals surface area contributed by atoms with Crippen LogP contribution in [0.15, 0.2) is 54.6 Å². The van der Waals surface area contributed by atoms with Crippen LogP contribution in [-0.2, 0) is 22.4 Å². The van der Waals surface area contributed by atoms with Gasteiger partial charge in [0.05, 0.1) is 12.5 Å². The summed E-state index contributed by atoms with van der Waals surface area (Å²) in [4.78, 5) is 23.4. The standard InChI is InChI=1S/C22H27NO4/c1-16(2)27-20-10-6-9-18(14-20)15-21(24)23-19(11-12-22(25)26)13-17-7-4-3-5-8-17/h3-10,14,16,19H,11-13,15H2,1-2H3,(H,23,24)(H,25,26). The summed E-state index contributed by atoms with van der Waals surface area (Å²) in [5, 5.41) is 12.0. The van der Waals surface area contributed by atoms with Crippen molar-refractivity contribution in [2.75, 3.05) is 0 Å². The molecule has 0 saturated carbocycles. The summed E-state index contributed by atoms with van der Waals surface area (Å²) < 4.78 is 5.66. The predicted octanol–water partition coefficient (Wildman–Crippen LogP) is 3.61. The maximum atomic E-state index is 12.5. The zero-order valence-electron chi connectivity index (χ0n) is 15.9. The number of aliphatic carboxylic acids is 1. The van der Waals surface area contributed by atoms with E-state index in [1.807, 2.05) is 68.4 Å². The summed E-state index contributed by atoms with van der Waals surface area (Å²) in [7, 11) is 0. The number of carbonyl (C=O) groups is 2. The fourth-order valence-electron chi connectivity index (χ4n) is 2.89. The Hall–Kier alpha value is -2.82. The Bertz CT molecular complexity index is 743. The van der Waals surface area contributed by atoms with E-state index in [0.29, 0.717) is 12.8 Å². The van der Waals surface area contributed by atoms with Crippen LogP contribution in [0.2, 0.25) is 0 Å². The van der Waals surface area contributed by atoms with Crippen LogP contribution in [-0.4, -0.2) is 29.1 Å². The second-order valence-electron chi connectivity index (χ2n) is 6.88. The molecule has 27 heavy (non-hydrogen) atoms. The molecule has 0 fully saturated rings. The number of hydrogen-bond acceptors (Lipinski definition) is 3. The molecule has 2 aromatic rings. The van der Waals surface area contributed by atoms with Gasteiger partial charge >= 0.3 is 5.97 Å². The Morgan fingerprint density at radius 1 is 1.04 bits per heavy atom. The minimum Gasteiger partial charge on any atom is -0.491 e. The van der Waals surface area contributed by atoms with E-state index in [9.17, 15) is 9.59 Å². The van der Waals surface area contributed by atoms with Gasteiger partial charge in [-0.15, -0.1) is 0 Å². The fourth-order valence-corrected chi connectivity index (χ4v) is 2.89.